The molecule has 0 bridgehead atoms. The zero-order valence-corrected chi connectivity index (χ0v) is 13.3. The molecule has 4 heteroatoms. The Morgan fingerprint density at radius 3 is 2.70 bits per heavy atom. The number of aromatic hydroxyl groups is 1. The summed E-state index contributed by atoms with van der Waals surface area (Å²) in [6.07, 6.45) is 0.346. The molecule has 0 saturated heterocycles. The minimum atomic E-state index is -0.614. The number of phenols is 1. The van der Waals surface area contributed by atoms with Gasteiger partial charge >= 0.3 is 0 Å². The monoisotopic (exact) mass is 313 g/mol. The third kappa shape index (κ3) is 3.72. The first-order valence-corrected chi connectivity index (χ1v) is 8.05. The highest BCUT2D eigenvalue weighted by Crippen LogP contribution is 2.29. The fourth-order valence-electron chi connectivity index (χ4n) is 3.06. The van der Waals surface area contributed by atoms with Crippen molar-refractivity contribution in [3.05, 3.63) is 65.2 Å². The van der Waals surface area contributed by atoms with Crippen LogP contribution in [0.2, 0.25) is 0 Å². The van der Waals surface area contributed by atoms with E-state index in [-0.39, 0.29) is 17.9 Å². The van der Waals surface area contributed by atoms with Gasteiger partial charge in [-0.15, -0.1) is 0 Å². The summed E-state index contributed by atoms with van der Waals surface area (Å²) >= 11 is 0. The Morgan fingerprint density at radius 2 is 1.91 bits per heavy atom. The van der Waals surface area contributed by atoms with E-state index >= 15 is 0 Å². The molecular weight excluding hydrogens is 290 g/mol. The number of fused-ring (bicyclic) bond motifs is 1. The molecule has 0 amide bonds. The van der Waals surface area contributed by atoms with Crippen LogP contribution >= 0.6 is 0 Å². The Labute approximate surface area is 136 Å². The minimum Gasteiger partial charge on any atom is -0.508 e. The Balaban J connectivity index is 1.61. The Morgan fingerprint density at radius 1 is 1.17 bits per heavy atom. The van der Waals surface area contributed by atoms with Crippen molar-refractivity contribution in [1.29, 1.82) is 0 Å². The highest BCUT2D eigenvalue weighted by atomic mass is 16.5. The SMILES string of the molecule is CC(NCC(O)c1ccc(O)cc1)C1OCCc2ccccc21. The van der Waals surface area contributed by atoms with Crippen LogP contribution in [0.4, 0.5) is 0 Å². The van der Waals surface area contributed by atoms with Crippen LogP contribution in [0.5, 0.6) is 5.75 Å². The molecule has 0 radical (unpaired) electrons. The molecule has 0 fully saturated rings. The summed E-state index contributed by atoms with van der Waals surface area (Å²) < 4.78 is 5.94. The number of aliphatic hydroxyl groups is 1. The molecule has 0 aliphatic carbocycles. The van der Waals surface area contributed by atoms with Gasteiger partial charge in [-0.25, -0.2) is 0 Å². The van der Waals surface area contributed by atoms with E-state index in [4.69, 9.17) is 4.74 Å². The average molecular weight is 313 g/mol. The largest absolute Gasteiger partial charge is 0.508 e. The lowest BCUT2D eigenvalue weighted by atomic mass is 9.94. The predicted molar refractivity (Wildman–Crippen MR) is 89.4 cm³/mol. The predicted octanol–water partition coefficient (Wildman–Crippen LogP) is 2.72. The van der Waals surface area contributed by atoms with Crippen molar-refractivity contribution in [1.82, 2.24) is 5.32 Å². The van der Waals surface area contributed by atoms with Gasteiger partial charge in [0.2, 0.25) is 0 Å². The second-order valence-electron chi connectivity index (χ2n) is 6.04. The summed E-state index contributed by atoms with van der Waals surface area (Å²) in [7, 11) is 0. The van der Waals surface area contributed by atoms with E-state index in [1.165, 1.54) is 11.1 Å². The summed E-state index contributed by atoms with van der Waals surface area (Å²) in [5, 5.41) is 22.9. The fourth-order valence-corrected chi connectivity index (χ4v) is 3.06. The maximum Gasteiger partial charge on any atom is 0.115 e. The molecule has 0 saturated carbocycles. The molecule has 3 unspecified atom stereocenters. The summed E-state index contributed by atoms with van der Waals surface area (Å²) in [4.78, 5) is 0. The van der Waals surface area contributed by atoms with Crippen molar-refractivity contribution in [2.45, 2.75) is 31.6 Å². The average Bonchev–Trinajstić information content (AvgIpc) is 2.59. The van der Waals surface area contributed by atoms with E-state index in [2.05, 4.69) is 30.4 Å². The van der Waals surface area contributed by atoms with Crippen LogP contribution in [0.3, 0.4) is 0 Å². The first-order valence-electron chi connectivity index (χ1n) is 8.05. The molecule has 0 spiro atoms. The quantitative estimate of drug-likeness (QED) is 0.794. The third-order valence-corrected chi connectivity index (χ3v) is 4.40. The van der Waals surface area contributed by atoms with Crippen LogP contribution in [0, 0.1) is 0 Å². The van der Waals surface area contributed by atoms with Crippen molar-refractivity contribution in [3.63, 3.8) is 0 Å². The van der Waals surface area contributed by atoms with E-state index in [1.54, 1.807) is 24.3 Å². The van der Waals surface area contributed by atoms with Gasteiger partial charge in [-0.1, -0.05) is 36.4 Å². The highest BCUT2D eigenvalue weighted by molar-refractivity contribution is 5.32. The van der Waals surface area contributed by atoms with Crippen molar-refractivity contribution < 1.29 is 14.9 Å². The normalized spacial score (nSPS) is 19.8. The van der Waals surface area contributed by atoms with Crippen molar-refractivity contribution in [2.75, 3.05) is 13.2 Å². The molecule has 2 aromatic rings. The summed E-state index contributed by atoms with van der Waals surface area (Å²) in [6, 6.07) is 15.1. The van der Waals surface area contributed by atoms with Gasteiger partial charge < -0.3 is 20.3 Å². The lowest BCUT2D eigenvalue weighted by molar-refractivity contribution is 0.0165. The third-order valence-electron chi connectivity index (χ3n) is 4.40. The van der Waals surface area contributed by atoms with E-state index in [0.29, 0.717) is 6.54 Å². The van der Waals surface area contributed by atoms with E-state index in [1.807, 2.05) is 6.07 Å². The summed E-state index contributed by atoms with van der Waals surface area (Å²) in [6.45, 7) is 3.25. The van der Waals surface area contributed by atoms with Gasteiger partial charge in [0.25, 0.3) is 0 Å². The van der Waals surface area contributed by atoms with Crippen LogP contribution in [0.1, 0.15) is 35.8 Å². The maximum atomic E-state index is 10.3. The van der Waals surface area contributed by atoms with Gasteiger partial charge in [0, 0.05) is 12.6 Å². The summed E-state index contributed by atoms with van der Waals surface area (Å²) in [5.41, 5.74) is 3.36. The molecular formula is C19H23NO3. The highest BCUT2D eigenvalue weighted by Gasteiger charge is 2.26. The number of phenolic OH excluding ortho intramolecular Hbond substituents is 1. The molecule has 3 rings (SSSR count). The van der Waals surface area contributed by atoms with Crippen LogP contribution in [-0.2, 0) is 11.2 Å². The number of benzene rings is 2. The van der Waals surface area contributed by atoms with E-state index in [9.17, 15) is 10.2 Å². The van der Waals surface area contributed by atoms with Gasteiger partial charge in [0.15, 0.2) is 0 Å². The summed E-state index contributed by atoms with van der Waals surface area (Å²) in [5.74, 6) is 0.203. The number of hydrogen-bond acceptors (Lipinski definition) is 4. The molecule has 23 heavy (non-hydrogen) atoms. The smallest absolute Gasteiger partial charge is 0.115 e. The molecule has 122 valence electrons. The molecule has 1 heterocycles. The van der Waals surface area contributed by atoms with Gasteiger partial charge in [-0.3, -0.25) is 0 Å². The molecule has 0 aromatic heterocycles. The molecule has 2 aromatic carbocycles. The van der Waals surface area contributed by atoms with Crippen LogP contribution in [0.25, 0.3) is 0 Å². The molecule has 4 nitrogen and oxygen atoms in total. The first-order chi connectivity index (χ1) is 11.1. The molecule has 3 N–H and O–H groups in total. The van der Waals surface area contributed by atoms with Crippen LogP contribution in [0.15, 0.2) is 48.5 Å². The van der Waals surface area contributed by atoms with Gasteiger partial charge in [-0.05, 0) is 42.2 Å². The zero-order valence-electron chi connectivity index (χ0n) is 13.3. The Hall–Kier alpha value is -1.88. The lowest BCUT2D eigenvalue weighted by Crippen LogP contribution is -2.38. The number of ether oxygens (including phenoxy) is 1. The topological polar surface area (TPSA) is 61.7 Å². The van der Waals surface area contributed by atoms with Crippen molar-refractivity contribution in [2.24, 2.45) is 0 Å². The first kappa shape index (κ1) is 16.0. The van der Waals surface area contributed by atoms with E-state index < -0.39 is 6.10 Å². The molecule has 3 atom stereocenters. The van der Waals surface area contributed by atoms with Crippen LogP contribution < -0.4 is 5.32 Å². The Kier molecular flexibility index (Phi) is 4.96. The second kappa shape index (κ2) is 7.13. The molecule has 1 aliphatic heterocycles. The van der Waals surface area contributed by atoms with Gasteiger partial charge in [-0.2, -0.15) is 0 Å². The fraction of sp³-hybridized carbons (Fsp3) is 0.368. The number of hydrogen-bond donors (Lipinski definition) is 3. The number of aliphatic hydroxyl groups excluding tert-OH is 1. The second-order valence-corrected chi connectivity index (χ2v) is 6.04. The Bertz CT molecular complexity index is 641. The van der Waals surface area contributed by atoms with Gasteiger partial charge in [0.1, 0.15) is 5.75 Å². The van der Waals surface area contributed by atoms with Gasteiger partial charge in [0.05, 0.1) is 18.8 Å². The molecule has 1 aliphatic rings. The number of nitrogens with one attached hydrogen (secondary N) is 1. The van der Waals surface area contributed by atoms with Crippen molar-refractivity contribution in [3.8, 4) is 5.75 Å². The van der Waals surface area contributed by atoms with Crippen molar-refractivity contribution >= 4 is 0 Å². The number of rotatable bonds is 5. The van der Waals surface area contributed by atoms with E-state index in [0.717, 1.165) is 18.6 Å². The standard InChI is InChI=1S/C19H23NO3/c1-13(19-17-5-3-2-4-14(17)10-11-23-19)20-12-18(22)15-6-8-16(21)9-7-15/h2-9,13,18-22H,10-12H2,1H3. The maximum absolute atomic E-state index is 10.3. The van der Waals surface area contributed by atoms with Crippen LogP contribution in [-0.4, -0.2) is 29.4 Å². The lowest BCUT2D eigenvalue weighted by Gasteiger charge is -2.31. The minimum absolute atomic E-state index is 0.00645. The zero-order chi connectivity index (χ0) is 16.2.